The molecule has 0 spiro atoms. The molecular formula is C9H11ClN2O. The van der Waals surface area contributed by atoms with Crippen molar-refractivity contribution in [1.82, 2.24) is 0 Å². The summed E-state index contributed by atoms with van der Waals surface area (Å²) >= 11 is 5.73. The van der Waals surface area contributed by atoms with Crippen molar-refractivity contribution in [2.45, 2.75) is 0 Å². The highest BCUT2D eigenvalue weighted by atomic mass is 35.5. The number of hydrogen-bond donors (Lipinski definition) is 2. The van der Waals surface area contributed by atoms with Crippen LogP contribution in [0, 0.1) is 0 Å². The van der Waals surface area contributed by atoms with Gasteiger partial charge in [0, 0.05) is 23.3 Å². The van der Waals surface area contributed by atoms with Crippen LogP contribution in [0.5, 0.6) is 5.75 Å². The molecule has 0 radical (unpaired) electrons. The Bertz CT molecular complexity index is 312. The average Bonchev–Trinajstić information content (AvgIpc) is 2.11. The van der Waals surface area contributed by atoms with Gasteiger partial charge in [-0.2, -0.15) is 0 Å². The Morgan fingerprint density at radius 3 is 3.00 bits per heavy atom. The zero-order valence-electron chi connectivity index (χ0n) is 7.07. The van der Waals surface area contributed by atoms with E-state index in [0.717, 1.165) is 0 Å². The van der Waals surface area contributed by atoms with E-state index in [2.05, 4.69) is 4.99 Å². The molecule has 0 atom stereocenters. The summed E-state index contributed by atoms with van der Waals surface area (Å²) in [4.78, 5) is 3.99. The summed E-state index contributed by atoms with van der Waals surface area (Å²) in [5.74, 6) is 0.171. The zero-order valence-corrected chi connectivity index (χ0v) is 7.83. The Morgan fingerprint density at radius 1 is 1.54 bits per heavy atom. The van der Waals surface area contributed by atoms with Crippen molar-refractivity contribution >= 4 is 17.8 Å². The van der Waals surface area contributed by atoms with E-state index in [0.29, 0.717) is 23.7 Å². The van der Waals surface area contributed by atoms with Gasteiger partial charge >= 0.3 is 0 Å². The summed E-state index contributed by atoms with van der Waals surface area (Å²) in [6, 6.07) is 4.81. The molecule has 0 aliphatic heterocycles. The SMILES string of the molecule is NCCN=Cc1cc(Cl)ccc1O. The van der Waals surface area contributed by atoms with Crippen molar-refractivity contribution in [2.75, 3.05) is 13.1 Å². The third kappa shape index (κ3) is 3.05. The molecule has 0 saturated carbocycles. The van der Waals surface area contributed by atoms with Crippen molar-refractivity contribution in [3.05, 3.63) is 28.8 Å². The fraction of sp³-hybridized carbons (Fsp3) is 0.222. The molecular weight excluding hydrogens is 188 g/mol. The third-order valence-corrected chi connectivity index (χ3v) is 1.71. The van der Waals surface area contributed by atoms with Gasteiger partial charge in [0.15, 0.2) is 0 Å². The molecule has 13 heavy (non-hydrogen) atoms. The molecule has 0 unspecified atom stereocenters. The molecule has 1 aromatic rings. The summed E-state index contributed by atoms with van der Waals surface area (Å²) in [6.45, 7) is 1.05. The summed E-state index contributed by atoms with van der Waals surface area (Å²) in [5, 5.41) is 9.93. The van der Waals surface area contributed by atoms with Gasteiger partial charge in [-0.15, -0.1) is 0 Å². The number of nitrogens with two attached hydrogens (primary N) is 1. The lowest BCUT2D eigenvalue weighted by Crippen LogP contribution is -2.02. The van der Waals surface area contributed by atoms with Crippen LogP contribution in [0.4, 0.5) is 0 Å². The minimum Gasteiger partial charge on any atom is -0.507 e. The van der Waals surface area contributed by atoms with Gasteiger partial charge in [0.2, 0.25) is 0 Å². The number of hydrogen-bond acceptors (Lipinski definition) is 3. The maximum absolute atomic E-state index is 9.35. The van der Waals surface area contributed by atoms with Gasteiger partial charge in [0.25, 0.3) is 0 Å². The number of benzene rings is 1. The molecule has 0 bridgehead atoms. The lowest BCUT2D eigenvalue weighted by Gasteiger charge is -1.98. The normalized spacial score (nSPS) is 10.9. The second-order valence-corrected chi connectivity index (χ2v) is 2.96. The quantitative estimate of drug-likeness (QED) is 0.722. The van der Waals surface area contributed by atoms with E-state index in [4.69, 9.17) is 17.3 Å². The number of phenols is 1. The molecule has 0 aliphatic rings. The fourth-order valence-electron chi connectivity index (χ4n) is 0.866. The van der Waals surface area contributed by atoms with E-state index < -0.39 is 0 Å². The van der Waals surface area contributed by atoms with Gasteiger partial charge < -0.3 is 10.8 Å². The Hall–Kier alpha value is -1.06. The Kier molecular flexibility index (Phi) is 3.73. The molecule has 0 heterocycles. The van der Waals surface area contributed by atoms with E-state index in [9.17, 15) is 5.11 Å². The summed E-state index contributed by atoms with van der Waals surface area (Å²) < 4.78 is 0. The average molecular weight is 199 g/mol. The molecule has 3 N–H and O–H groups in total. The Balaban J connectivity index is 2.81. The molecule has 1 aromatic carbocycles. The molecule has 70 valence electrons. The van der Waals surface area contributed by atoms with E-state index in [1.165, 1.54) is 6.07 Å². The largest absolute Gasteiger partial charge is 0.507 e. The second kappa shape index (κ2) is 4.84. The van der Waals surface area contributed by atoms with Crippen LogP contribution in [-0.2, 0) is 0 Å². The predicted molar refractivity (Wildman–Crippen MR) is 54.6 cm³/mol. The van der Waals surface area contributed by atoms with E-state index in [-0.39, 0.29) is 5.75 Å². The second-order valence-electron chi connectivity index (χ2n) is 2.53. The van der Waals surface area contributed by atoms with Gasteiger partial charge in [0.1, 0.15) is 5.75 Å². The van der Waals surface area contributed by atoms with Crippen LogP contribution in [-0.4, -0.2) is 24.4 Å². The number of nitrogens with zero attached hydrogens (tertiary/aromatic N) is 1. The van der Waals surface area contributed by atoms with Crippen LogP contribution < -0.4 is 5.73 Å². The summed E-state index contributed by atoms with van der Waals surface area (Å²) in [7, 11) is 0. The molecule has 0 saturated heterocycles. The minimum atomic E-state index is 0.171. The van der Waals surface area contributed by atoms with Gasteiger partial charge in [-0.1, -0.05) is 11.6 Å². The number of halogens is 1. The molecule has 1 rings (SSSR count). The summed E-state index contributed by atoms with van der Waals surface area (Å²) in [5.41, 5.74) is 5.87. The van der Waals surface area contributed by atoms with E-state index in [1.807, 2.05) is 0 Å². The van der Waals surface area contributed by atoms with E-state index in [1.54, 1.807) is 18.3 Å². The fourth-order valence-corrected chi connectivity index (χ4v) is 1.05. The van der Waals surface area contributed by atoms with Crippen molar-refractivity contribution in [3.63, 3.8) is 0 Å². The Morgan fingerprint density at radius 2 is 2.31 bits per heavy atom. The van der Waals surface area contributed by atoms with Crippen molar-refractivity contribution < 1.29 is 5.11 Å². The number of rotatable bonds is 3. The number of aromatic hydroxyl groups is 1. The predicted octanol–water partition coefficient (Wildman–Crippen LogP) is 1.42. The van der Waals surface area contributed by atoms with Crippen molar-refractivity contribution in [2.24, 2.45) is 10.7 Å². The molecule has 0 aliphatic carbocycles. The van der Waals surface area contributed by atoms with Crippen LogP contribution in [0.2, 0.25) is 5.02 Å². The monoisotopic (exact) mass is 198 g/mol. The topological polar surface area (TPSA) is 58.6 Å². The minimum absolute atomic E-state index is 0.171. The van der Waals surface area contributed by atoms with Crippen LogP contribution in [0.15, 0.2) is 23.2 Å². The first kappa shape index (κ1) is 10.0. The standard InChI is InChI=1S/C9H11ClN2O/c10-8-1-2-9(13)7(5-8)6-12-4-3-11/h1-2,5-6,13H,3-4,11H2. The first-order valence-corrected chi connectivity index (χ1v) is 4.30. The summed E-state index contributed by atoms with van der Waals surface area (Å²) in [6.07, 6.45) is 1.56. The lowest BCUT2D eigenvalue weighted by atomic mass is 10.2. The highest BCUT2D eigenvalue weighted by Crippen LogP contribution is 2.19. The molecule has 4 heteroatoms. The highest BCUT2D eigenvalue weighted by molar-refractivity contribution is 6.30. The first-order valence-electron chi connectivity index (χ1n) is 3.92. The van der Waals surface area contributed by atoms with Crippen LogP contribution >= 0.6 is 11.6 Å². The van der Waals surface area contributed by atoms with Gasteiger partial charge in [-0.25, -0.2) is 0 Å². The first-order chi connectivity index (χ1) is 6.24. The lowest BCUT2D eigenvalue weighted by molar-refractivity contribution is 0.474. The van der Waals surface area contributed by atoms with Gasteiger partial charge in [0.05, 0.1) is 6.54 Å². The molecule has 0 amide bonds. The van der Waals surface area contributed by atoms with Crippen LogP contribution in [0.25, 0.3) is 0 Å². The third-order valence-electron chi connectivity index (χ3n) is 1.48. The maximum Gasteiger partial charge on any atom is 0.124 e. The smallest absolute Gasteiger partial charge is 0.124 e. The van der Waals surface area contributed by atoms with E-state index >= 15 is 0 Å². The molecule has 0 fully saturated rings. The maximum atomic E-state index is 9.35. The zero-order chi connectivity index (χ0) is 9.68. The molecule has 0 aromatic heterocycles. The van der Waals surface area contributed by atoms with Crippen LogP contribution in [0.1, 0.15) is 5.56 Å². The van der Waals surface area contributed by atoms with Gasteiger partial charge in [-0.05, 0) is 18.2 Å². The van der Waals surface area contributed by atoms with Crippen molar-refractivity contribution in [1.29, 1.82) is 0 Å². The number of phenolic OH excluding ortho intramolecular Hbond substituents is 1. The van der Waals surface area contributed by atoms with Crippen molar-refractivity contribution in [3.8, 4) is 5.75 Å². The van der Waals surface area contributed by atoms with Crippen LogP contribution in [0.3, 0.4) is 0 Å². The highest BCUT2D eigenvalue weighted by Gasteiger charge is 1.97. The molecule has 3 nitrogen and oxygen atoms in total. The number of aliphatic imine (C=N–C) groups is 1. The van der Waals surface area contributed by atoms with Gasteiger partial charge in [-0.3, -0.25) is 4.99 Å². The Labute approximate surface area is 81.9 Å².